The Hall–Kier alpha value is -0.180. The van der Waals surface area contributed by atoms with Crippen molar-refractivity contribution in [1.82, 2.24) is 5.32 Å². The summed E-state index contributed by atoms with van der Waals surface area (Å²) in [5.74, 6) is 1.15. The lowest BCUT2D eigenvalue weighted by Crippen LogP contribution is -2.23. The third kappa shape index (κ3) is 2.91. The van der Waals surface area contributed by atoms with Crippen LogP contribution >= 0.6 is 23.4 Å². The summed E-state index contributed by atoms with van der Waals surface area (Å²) in [5.41, 5.74) is 0. The lowest BCUT2D eigenvalue weighted by molar-refractivity contribution is 0.674. The van der Waals surface area contributed by atoms with Gasteiger partial charge in [0.1, 0.15) is 0 Å². The monoisotopic (exact) mass is 227 g/mol. The molecule has 1 aromatic rings. The van der Waals surface area contributed by atoms with Gasteiger partial charge in [-0.1, -0.05) is 17.7 Å². The minimum Gasteiger partial charge on any atom is -0.313 e. The Morgan fingerprint density at radius 2 is 2.43 bits per heavy atom. The summed E-state index contributed by atoms with van der Waals surface area (Å²) in [7, 11) is 0. The van der Waals surface area contributed by atoms with Gasteiger partial charge in [-0.15, -0.1) is 11.8 Å². The van der Waals surface area contributed by atoms with Gasteiger partial charge in [0.25, 0.3) is 0 Å². The van der Waals surface area contributed by atoms with Crippen LogP contribution in [0.2, 0.25) is 5.02 Å². The summed E-state index contributed by atoms with van der Waals surface area (Å²) in [5, 5.41) is 4.32. The van der Waals surface area contributed by atoms with E-state index in [1.165, 1.54) is 24.3 Å². The second-order valence-electron chi connectivity index (χ2n) is 3.56. The maximum Gasteiger partial charge on any atom is 0.0417 e. The van der Waals surface area contributed by atoms with Crippen molar-refractivity contribution in [2.75, 3.05) is 12.3 Å². The van der Waals surface area contributed by atoms with E-state index in [4.69, 9.17) is 11.6 Å². The summed E-state index contributed by atoms with van der Waals surface area (Å²) >= 11 is 7.80. The molecule has 0 aromatic heterocycles. The van der Waals surface area contributed by atoms with Crippen LogP contribution in [0.15, 0.2) is 29.2 Å². The zero-order valence-corrected chi connectivity index (χ0v) is 9.57. The Morgan fingerprint density at radius 1 is 1.50 bits per heavy atom. The SMILES string of the molecule is Clc1cccc(SC[C@@H]2CCCN2)c1. The van der Waals surface area contributed by atoms with E-state index in [9.17, 15) is 0 Å². The van der Waals surface area contributed by atoms with Gasteiger partial charge in [0, 0.05) is 21.7 Å². The standard InChI is InChI=1S/C11H14ClNS/c12-9-3-1-5-11(7-9)14-8-10-4-2-6-13-10/h1,3,5,7,10,13H,2,4,6,8H2/t10-/m0/s1. The average Bonchev–Trinajstić information content (AvgIpc) is 2.67. The van der Waals surface area contributed by atoms with Gasteiger partial charge in [-0.2, -0.15) is 0 Å². The van der Waals surface area contributed by atoms with Gasteiger partial charge < -0.3 is 5.32 Å². The smallest absolute Gasteiger partial charge is 0.0417 e. The molecule has 14 heavy (non-hydrogen) atoms. The van der Waals surface area contributed by atoms with Crippen molar-refractivity contribution in [3.63, 3.8) is 0 Å². The molecule has 0 bridgehead atoms. The van der Waals surface area contributed by atoms with Crippen molar-refractivity contribution in [3.05, 3.63) is 29.3 Å². The molecule has 0 spiro atoms. The zero-order chi connectivity index (χ0) is 9.80. The lowest BCUT2D eigenvalue weighted by atomic mass is 10.3. The van der Waals surface area contributed by atoms with Gasteiger partial charge in [0.2, 0.25) is 0 Å². The molecule has 1 saturated heterocycles. The van der Waals surface area contributed by atoms with E-state index in [1.54, 1.807) is 0 Å². The van der Waals surface area contributed by atoms with E-state index in [1.807, 2.05) is 30.0 Å². The molecule has 0 saturated carbocycles. The van der Waals surface area contributed by atoms with Crippen LogP contribution in [-0.2, 0) is 0 Å². The molecular formula is C11H14ClNS. The van der Waals surface area contributed by atoms with Gasteiger partial charge in [0.05, 0.1) is 0 Å². The largest absolute Gasteiger partial charge is 0.313 e. The third-order valence-electron chi connectivity index (χ3n) is 2.41. The molecular weight excluding hydrogens is 214 g/mol. The highest BCUT2D eigenvalue weighted by Gasteiger charge is 2.13. The Balaban J connectivity index is 1.85. The van der Waals surface area contributed by atoms with E-state index in [0.717, 1.165) is 10.8 Å². The number of nitrogens with one attached hydrogen (secondary N) is 1. The Kier molecular flexibility index (Phi) is 3.74. The fraction of sp³-hybridized carbons (Fsp3) is 0.455. The van der Waals surface area contributed by atoms with Crippen molar-refractivity contribution in [1.29, 1.82) is 0 Å². The number of thioether (sulfide) groups is 1. The second-order valence-corrected chi connectivity index (χ2v) is 5.09. The summed E-state index contributed by atoms with van der Waals surface area (Å²) in [4.78, 5) is 1.27. The number of hydrogen-bond acceptors (Lipinski definition) is 2. The van der Waals surface area contributed by atoms with Crippen LogP contribution in [0.5, 0.6) is 0 Å². The molecule has 0 unspecified atom stereocenters. The molecule has 0 amide bonds. The highest BCUT2D eigenvalue weighted by atomic mass is 35.5. The summed E-state index contributed by atoms with van der Waals surface area (Å²) in [6, 6.07) is 8.76. The molecule has 0 aliphatic carbocycles. The highest BCUT2D eigenvalue weighted by molar-refractivity contribution is 7.99. The maximum atomic E-state index is 5.91. The number of halogens is 1. The average molecular weight is 228 g/mol. The Bertz CT molecular complexity index is 297. The summed E-state index contributed by atoms with van der Waals surface area (Å²) < 4.78 is 0. The van der Waals surface area contributed by atoms with E-state index in [0.29, 0.717) is 6.04 Å². The van der Waals surface area contributed by atoms with Crippen molar-refractivity contribution >= 4 is 23.4 Å². The molecule has 1 aromatic carbocycles. The van der Waals surface area contributed by atoms with Crippen LogP contribution in [0.3, 0.4) is 0 Å². The molecule has 1 aliphatic heterocycles. The topological polar surface area (TPSA) is 12.0 Å². The molecule has 2 rings (SSSR count). The number of benzene rings is 1. The van der Waals surface area contributed by atoms with Gasteiger partial charge in [-0.3, -0.25) is 0 Å². The van der Waals surface area contributed by atoms with E-state index >= 15 is 0 Å². The normalized spacial score (nSPS) is 21.4. The van der Waals surface area contributed by atoms with Gasteiger partial charge in [0.15, 0.2) is 0 Å². The first kappa shape index (κ1) is 10.3. The first-order chi connectivity index (χ1) is 6.84. The van der Waals surface area contributed by atoms with Crippen LogP contribution in [0, 0.1) is 0 Å². The minimum atomic E-state index is 0.694. The predicted molar refractivity (Wildman–Crippen MR) is 63.2 cm³/mol. The lowest BCUT2D eigenvalue weighted by Gasteiger charge is -2.09. The quantitative estimate of drug-likeness (QED) is 0.797. The van der Waals surface area contributed by atoms with Gasteiger partial charge >= 0.3 is 0 Å². The van der Waals surface area contributed by atoms with Crippen LogP contribution in [0.25, 0.3) is 0 Å². The van der Waals surface area contributed by atoms with Crippen LogP contribution < -0.4 is 5.32 Å². The second kappa shape index (κ2) is 5.06. The molecule has 1 atom stereocenters. The van der Waals surface area contributed by atoms with Crippen LogP contribution in [0.1, 0.15) is 12.8 Å². The molecule has 1 heterocycles. The fourth-order valence-corrected chi connectivity index (χ4v) is 2.97. The van der Waals surface area contributed by atoms with Crippen molar-refractivity contribution in [2.45, 2.75) is 23.8 Å². The molecule has 1 fully saturated rings. The Labute approximate surface area is 94.2 Å². The Morgan fingerprint density at radius 3 is 3.14 bits per heavy atom. The molecule has 0 radical (unpaired) electrons. The summed E-state index contributed by atoms with van der Waals surface area (Å²) in [6.45, 7) is 1.18. The molecule has 1 nitrogen and oxygen atoms in total. The molecule has 76 valence electrons. The van der Waals surface area contributed by atoms with E-state index in [2.05, 4.69) is 11.4 Å². The van der Waals surface area contributed by atoms with Crippen LogP contribution in [-0.4, -0.2) is 18.3 Å². The van der Waals surface area contributed by atoms with Crippen molar-refractivity contribution < 1.29 is 0 Å². The number of rotatable bonds is 3. The van der Waals surface area contributed by atoms with Crippen molar-refractivity contribution in [2.24, 2.45) is 0 Å². The predicted octanol–water partition coefficient (Wildman–Crippen LogP) is 3.18. The first-order valence-electron chi connectivity index (χ1n) is 4.96. The number of hydrogen-bond donors (Lipinski definition) is 1. The van der Waals surface area contributed by atoms with Gasteiger partial charge in [-0.05, 0) is 37.6 Å². The fourth-order valence-electron chi connectivity index (χ4n) is 1.65. The molecule has 1 N–H and O–H groups in total. The van der Waals surface area contributed by atoms with E-state index < -0.39 is 0 Å². The van der Waals surface area contributed by atoms with Crippen molar-refractivity contribution in [3.8, 4) is 0 Å². The van der Waals surface area contributed by atoms with E-state index in [-0.39, 0.29) is 0 Å². The molecule has 3 heteroatoms. The first-order valence-corrected chi connectivity index (χ1v) is 6.33. The third-order valence-corrected chi connectivity index (χ3v) is 3.80. The summed E-state index contributed by atoms with van der Waals surface area (Å²) in [6.07, 6.45) is 2.63. The minimum absolute atomic E-state index is 0.694. The van der Waals surface area contributed by atoms with Gasteiger partial charge in [-0.25, -0.2) is 0 Å². The van der Waals surface area contributed by atoms with Crippen LogP contribution in [0.4, 0.5) is 0 Å². The maximum absolute atomic E-state index is 5.91. The molecule has 1 aliphatic rings. The zero-order valence-electron chi connectivity index (χ0n) is 8.00. The highest BCUT2D eigenvalue weighted by Crippen LogP contribution is 2.23.